The van der Waals surface area contributed by atoms with E-state index in [0.717, 1.165) is 12.1 Å². The van der Waals surface area contributed by atoms with Crippen LogP contribution in [-0.4, -0.2) is 7.11 Å². The number of hydrogen-bond acceptors (Lipinski definition) is 2. The molecule has 0 heterocycles. The molecule has 0 saturated carbocycles. The zero-order valence-electron chi connectivity index (χ0n) is 8.13. The fraction of sp³-hybridized carbons (Fsp3) is 0.182. The lowest BCUT2D eigenvalue weighted by molar-refractivity contribution is 0.360. The van der Waals surface area contributed by atoms with Gasteiger partial charge in [-0.15, -0.1) is 0 Å². The van der Waals surface area contributed by atoms with Crippen molar-refractivity contribution in [2.75, 3.05) is 7.11 Å². The highest BCUT2D eigenvalue weighted by molar-refractivity contribution is 5.51. The Morgan fingerprint density at radius 1 is 1.40 bits per heavy atom. The molecule has 15 heavy (non-hydrogen) atoms. The lowest BCUT2D eigenvalue weighted by Gasteiger charge is -2.03. The number of allylic oxidation sites excluding steroid dienone is 1. The molecule has 0 spiro atoms. The van der Waals surface area contributed by atoms with Crippen LogP contribution in [0.5, 0.6) is 5.75 Å². The van der Waals surface area contributed by atoms with Gasteiger partial charge < -0.3 is 4.74 Å². The smallest absolute Gasteiger partial charge is 0.190 e. The van der Waals surface area contributed by atoms with Crippen LogP contribution in [0.25, 0.3) is 6.08 Å². The highest BCUT2D eigenvalue weighted by Gasteiger charge is 2.09. The third kappa shape index (κ3) is 2.78. The number of ether oxygens (including phenoxy) is 1. The van der Waals surface area contributed by atoms with Crippen LogP contribution in [0.15, 0.2) is 18.2 Å². The number of nitrogens with zero attached hydrogens (tertiary/aromatic N) is 1. The minimum Gasteiger partial charge on any atom is -0.491 e. The van der Waals surface area contributed by atoms with Crippen LogP contribution in [0.4, 0.5) is 8.78 Å². The Bertz CT molecular complexity index is 398. The van der Waals surface area contributed by atoms with Crippen molar-refractivity contribution < 1.29 is 13.5 Å². The number of benzene rings is 1. The molecule has 0 saturated heterocycles. The highest BCUT2D eigenvalue weighted by Crippen LogP contribution is 2.23. The van der Waals surface area contributed by atoms with Gasteiger partial charge in [0, 0.05) is 0 Å². The predicted molar refractivity (Wildman–Crippen MR) is 52.2 cm³/mol. The fourth-order valence-corrected chi connectivity index (χ4v) is 1.12. The molecule has 0 aliphatic rings. The zero-order chi connectivity index (χ0) is 11.3. The SMILES string of the molecule is COc1c(F)cc(C=CCC#N)cc1F. The first kappa shape index (κ1) is 11.2. The lowest BCUT2D eigenvalue weighted by Crippen LogP contribution is -1.93. The van der Waals surface area contributed by atoms with Crippen molar-refractivity contribution in [3.63, 3.8) is 0 Å². The molecule has 0 aromatic heterocycles. The zero-order valence-corrected chi connectivity index (χ0v) is 8.13. The first-order valence-corrected chi connectivity index (χ1v) is 4.25. The molecule has 0 bridgehead atoms. The van der Waals surface area contributed by atoms with E-state index >= 15 is 0 Å². The normalized spacial score (nSPS) is 10.3. The van der Waals surface area contributed by atoms with Gasteiger partial charge >= 0.3 is 0 Å². The number of halogens is 2. The summed E-state index contributed by atoms with van der Waals surface area (Å²) in [6.45, 7) is 0. The highest BCUT2D eigenvalue weighted by atomic mass is 19.1. The molecule has 1 rings (SSSR count). The van der Waals surface area contributed by atoms with Crippen molar-refractivity contribution in [3.05, 3.63) is 35.4 Å². The van der Waals surface area contributed by atoms with Gasteiger partial charge in [-0.2, -0.15) is 5.26 Å². The molecule has 4 heteroatoms. The Labute approximate surface area is 86.4 Å². The van der Waals surface area contributed by atoms with Crippen LogP contribution < -0.4 is 4.74 Å². The summed E-state index contributed by atoms with van der Waals surface area (Å²) in [6.07, 6.45) is 3.21. The third-order valence-electron chi connectivity index (χ3n) is 1.74. The lowest BCUT2D eigenvalue weighted by atomic mass is 10.2. The van der Waals surface area contributed by atoms with E-state index < -0.39 is 17.4 Å². The second kappa shape index (κ2) is 5.11. The van der Waals surface area contributed by atoms with Crippen molar-refractivity contribution in [1.82, 2.24) is 0 Å². The van der Waals surface area contributed by atoms with Crippen molar-refractivity contribution >= 4 is 6.08 Å². The molecule has 2 nitrogen and oxygen atoms in total. The van der Waals surface area contributed by atoms with Gasteiger partial charge in [0.2, 0.25) is 0 Å². The van der Waals surface area contributed by atoms with E-state index in [1.54, 1.807) is 0 Å². The number of nitriles is 1. The average molecular weight is 209 g/mol. The maximum atomic E-state index is 13.2. The molecule has 0 radical (unpaired) electrons. The number of rotatable bonds is 3. The molecule has 1 aromatic rings. The maximum absolute atomic E-state index is 13.2. The summed E-state index contributed by atoms with van der Waals surface area (Å²) in [5.74, 6) is -1.91. The summed E-state index contributed by atoms with van der Waals surface area (Å²) >= 11 is 0. The number of hydrogen-bond donors (Lipinski definition) is 0. The molecule has 0 fully saturated rings. The van der Waals surface area contributed by atoms with Crippen LogP contribution in [-0.2, 0) is 0 Å². The fourth-order valence-electron chi connectivity index (χ4n) is 1.12. The Kier molecular flexibility index (Phi) is 3.81. The minimum atomic E-state index is -0.755. The Balaban J connectivity index is 2.99. The molecular weight excluding hydrogens is 200 g/mol. The van der Waals surface area contributed by atoms with Gasteiger partial charge in [0.05, 0.1) is 19.6 Å². The second-order valence-corrected chi connectivity index (χ2v) is 2.78. The van der Waals surface area contributed by atoms with Crippen molar-refractivity contribution in [1.29, 1.82) is 5.26 Å². The molecule has 0 amide bonds. The monoisotopic (exact) mass is 209 g/mol. The maximum Gasteiger partial charge on any atom is 0.190 e. The van der Waals surface area contributed by atoms with Gasteiger partial charge in [0.25, 0.3) is 0 Å². The molecular formula is C11H9F2NO. The Morgan fingerprint density at radius 3 is 2.47 bits per heavy atom. The average Bonchev–Trinajstić information content (AvgIpc) is 2.18. The quantitative estimate of drug-likeness (QED) is 0.766. The van der Waals surface area contributed by atoms with Crippen LogP contribution in [0.1, 0.15) is 12.0 Å². The number of methoxy groups -OCH3 is 1. The van der Waals surface area contributed by atoms with Gasteiger partial charge in [0.1, 0.15) is 0 Å². The van der Waals surface area contributed by atoms with E-state index in [0.29, 0.717) is 5.56 Å². The van der Waals surface area contributed by atoms with Gasteiger partial charge in [-0.1, -0.05) is 12.2 Å². The second-order valence-electron chi connectivity index (χ2n) is 2.78. The Hall–Kier alpha value is -1.89. The van der Waals surface area contributed by atoms with Crippen LogP contribution in [0, 0.1) is 23.0 Å². The summed E-state index contributed by atoms with van der Waals surface area (Å²) in [6, 6.07) is 4.19. The van der Waals surface area contributed by atoms with Gasteiger partial charge in [-0.05, 0) is 17.7 Å². The van der Waals surface area contributed by atoms with E-state index in [1.807, 2.05) is 6.07 Å². The van der Waals surface area contributed by atoms with E-state index in [-0.39, 0.29) is 6.42 Å². The molecule has 0 aliphatic heterocycles. The standard InChI is InChI=1S/C11H9F2NO/c1-15-11-9(12)6-8(7-10(11)13)4-2-3-5-14/h2,4,6-7H,3H2,1H3. The van der Waals surface area contributed by atoms with E-state index in [4.69, 9.17) is 5.26 Å². The first-order chi connectivity index (χ1) is 7.19. The summed E-state index contributed by atoms with van der Waals surface area (Å²) in [4.78, 5) is 0. The third-order valence-corrected chi connectivity index (χ3v) is 1.74. The van der Waals surface area contributed by atoms with Gasteiger partial charge in [-0.3, -0.25) is 0 Å². The minimum absolute atomic E-state index is 0.204. The summed E-state index contributed by atoms with van der Waals surface area (Å²) in [7, 11) is 1.20. The first-order valence-electron chi connectivity index (χ1n) is 4.25. The van der Waals surface area contributed by atoms with Crippen molar-refractivity contribution in [2.24, 2.45) is 0 Å². The van der Waals surface area contributed by atoms with Crippen molar-refractivity contribution in [2.45, 2.75) is 6.42 Å². The predicted octanol–water partition coefficient (Wildman–Crippen LogP) is 2.90. The largest absolute Gasteiger partial charge is 0.491 e. The van der Waals surface area contributed by atoms with E-state index in [1.165, 1.54) is 19.3 Å². The molecule has 0 atom stereocenters. The van der Waals surface area contributed by atoms with Crippen LogP contribution >= 0.6 is 0 Å². The Morgan fingerprint density at radius 2 is 2.00 bits per heavy atom. The molecule has 1 aromatic carbocycles. The summed E-state index contributed by atoms with van der Waals surface area (Å²) < 4.78 is 30.8. The molecule has 78 valence electrons. The van der Waals surface area contributed by atoms with E-state index in [2.05, 4.69) is 4.74 Å². The van der Waals surface area contributed by atoms with Crippen molar-refractivity contribution in [3.8, 4) is 11.8 Å². The summed E-state index contributed by atoms with van der Waals surface area (Å²) in [5, 5.41) is 8.27. The van der Waals surface area contributed by atoms with Crippen LogP contribution in [0.3, 0.4) is 0 Å². The van der Waals surface area contributed by atoms with Gasteiger partial charge in [-0.25, -0.2) is 8.78 Å². The molecule has 0 unspecified atom stereocenters. The summed E-state index contributed by atoms with van der Waals surface area (Å²) in [5.41, 5.74) is 0.362. The van der Waals surface area contributed by atoms with Crippen LogP contribution in [0.2, 0.25) is 0 Å². The molecule has 0 aliphatic carbocycles. The van der Waals surface area contributed by atoms with Gasteiger partial charge in [0.15, 0.2) is 17.4 Å². The topological polar surface area (TPSA) is 33.0 Å². The molecule has 0 N–H and O–H groups in total. The van der Waals surface area contributed by atoms with E-state index in [9.17, 15) is 8.78 Å².